The number of benzene rings is 1. The first-order chi connectivity index (χ1) is 12.2. The second kappa shape index (κ2) is 5.61. The minimum absolute atomic E-state index is 0.196. The van der Waals surface area contributed by atoms with Crippen LogP contribution in [0.2, 0.25) is 0 Å². The van der Waals surface area contributed by atoms with E-state index in [0.717, 1.165) is 29.3 Å². The molecule has 4 bridgehead atoms. The average Bonchev–Trinajstić information content (AvgIpc) is 2.58. The van der Waals surface area contributed by atoms with Gasteiger partial charge in [-0.15, -0.1) is 0 Å². The molecule has 0 saturated heterocycles. The van der Waals surface area contributed by atoms with E-state index in [1.54, 1.807) is 6.33 Å². The molecule has 0 unspecified atom stereocenters. The standard InChI is InChI=1S/C20H25N5/c21-17-18(24-16-4-2-1-3-5-16)22-12-23-19(17)25-20-9-13-6-14(10-20)8-15(7-13)11-20/h1-5,12-15H,6-11,21H2,(H2,22,23,24,25). The van der Waals surface area contributed by atoms with Crippen molar-refractivity contribution in [2.75, 3.05) is 16.4 Å². The molecule has 5 heteroatoms. The van der Waals surface area contributed by atoms with Gasteiger partial charge < -0.3 is 16.4 Å². The van der Waals surface area contributed by atoms with Gasteiger partial charge in [0.1, 0.15) is 12.0 Å². The number of nitrogens with two attached hydrogens (primary N) is 1. The van der Waals surface area contributed by atoms with Crippen LogP contribution in [-0.4, -0.2) is 15.5 Å². The van der Waals surface area contributed by atoms with Gasteiger partial charge >= 0.3 is 0 Å². The number of nitrogen functional groups attached to an aromatic ring is 1. The first-order valence-corrected chi connectivity index (χ1v) is 9.40. The van der Waals surface area contributed by atoms with Gasteiger partial charge in [-0.25, -0.2) is 9.97 Å². The Bertz CT molecular complexity index is 738. The Morgan fingerprint density at radius 2 is 1.48 bits per heavy atom. The van der Waals surface area contributed by atoms with Crippen LogP contribution in [0.1, 0.15) is 38.5 Å². The number of anilines is 4. The van der Waals surface area contributed by atoms with E-state index < -0.39 is 0 Å². The van der Waals surface area contributed by atoms with Crippen LogP contribution in [0.25, 0.3) is 0 Å². The maximum atomic E-state index is 6.41. The molecule has 4 N–H and O–H groups in total. The monoisotopic (exact) mass is 335 g/mol. The van der Waals surface area contributed by atoms with Gasteiger partial charge in [0.2, 0.25) is 0 Å². The smallest absolute Gasteiger partial charge is 0.159 e. The van der Waals surface area contributed by atoms with E-state index in [1.807, 2.05) is 30.3 Å². The van der Waals surface area contributed by atoms with Gasteiger partial charge in [-0.3, -0.25) is 0 Å². The largest absolute Gasteiger partial charge is 0.393 e. The first kappa shape index (κ1) is 15.0. The minimum atomic E-state index is 0.196. The molecule has 4 aliphatic carbocycles. The number of aromatic nitrogens is 2. The summed E-state index contributed by atoms with van der Waals surface area (Å²) in [6, 6.07) is 10.00. The molecule has 2 aromatic rings. The Kier molecular flexibility index (Phi) is 3.37. The van der Waals surface area contributed by atoms with Crippen molar-refractivity contribution >= 4 is 23.0 Å². The molecule has 1 aromatic carbocycles. The van der Waals surface area contributed by atoms with Crippen molar-refractivity contribution in [2.45, 2.75) is 44.1 Å². The van der Waals surface area contributed by atoms with Crippen LogP contribution >= 0.6 is 0 Å². The van der Waals surface area contributed by atoms with Crippen LogP contribution in [0.15, 0.2) is 36.7 Å². The molecule has 5 nitrogen and oxygen atoms in total. The van der Waals surface area contributed by atoms with E-state index in [1.165, 1.54) is 38.5 Å². The lowest BCUT2D eigenvalue weighted by atomic mass is 9.53. The molecular formula is C20H25N5. The second-order valence-electron chi connectivity index (χ2n) is 8.30. The summed E-state index contributed by atoms with van der Waals surface area (Å²) in [7, 11) is 0. The van der Waals surface area contributed by atoms with Crippen LogP contribution in [0.3, 0.4) is 0 Å². The normalized spacial score (nSPS) is 32.6. The molecule has 4 fully saturated rings. The highest BCUT2D eigenvalue weighted by molar-refractivity contribution is 5.78. The van der Waals surface area contributed by atoms with Gasteiger partial charge in [-0.2, -0.15) is 0 Å². The third-order valence-electron chi connectivity index (χ3n) is 6.34. The van der Waals surface area contributed by atoms with Crippen molar-refractivity contribution < 1.29 is 0 Å². The fourth-order valence-electron chi connectivity index (χ4n) is 5.77. The molecule has 4 saturated carbocycles. The Hall–Kier alpha value is -2.30. The number of nitrogens with one attached hydrogen (secondary N) is 2. The number of nitrogens with zero attached hydrogens (tertiary/aromatic N) is 2. The molecule has 6 rings (SSSR count). The van der Waals surface area contributed by atoms with Crippen molar-refractivity contribution in [3.63, 3.8) is 0 Å². The number of rotatable bonds is 4. The number of hydrogen-bond acceptors (Lipinski definition) is 5. The Morgan fingerprint density at radius 3 is 2.12 bits per heavy atom. The highest BCUT2D eigenvalue weighted by Gasteiger charge is 2.51. The lowest BCUT2D eigenvalue weighted by Gasteiger charge is -2.57. The van der Waals surface area contributed by atoms with Crippen LogP contribution in [0, 0.1) is 17.8 Å². The van der Waals surface area contributed by atoms with Crippen LogP contribution in [0.4, 0.5) is 23.0 Å². The van der Waals surface area contributed by atoms with E-state index >= 15 is 0 Å². The molecule has 0 atom stereocenters. The summed E-state index contributed by atoms with van der Waals surface area (Å²) in [4.78, 5) is 8.81. The van der Waals surface area contributed by atoms with E-state index in [-0.39, 0.29) is 5.54 Å². The third-order valence-corrected chi connectivity index (χ3v) is 6.34. The Balaban J connectivity index is 1.40. The first-order valence-electron chi connectivity index (χ1n) is 9.40. The molecular weight excluding hydrogens is 310 g/mol. The summed E-state index contributed by atoms with van der Waals surface area (Å²) >= 11 is 0. The Labute approximate surface area is 148 Å². The summed E-state index contributed by atoms with van der Waals surface area (Å²) in [5.74, 6) is 4.14. The van der Waals surface area contributed by atoms with Gasteiger partial charge in [0, 0.05) is 11.2 Å². The molecule has 0 aliphatic heterocycles. The molecule has 130 valence electrons. The third kappa shape index (κ3) is 2.71. The maximum Gasteiger partial charge on any atom is 0.159 e. The quantitative estimate of drug-likeness (QED) is 0.781. The molecule has 0 spiro atoms. The predicted molar refractivity (Wildman–Crippen MR) is 101 cm³/mol. The Morgan fingerprint density at radius 1 is 0.880 bits per heavy atom. The van der Waals surface area contributed by atoms with Gasteiger partial charge in [0.05, 0.1) is 0 Å². The molecule has 1 heterocycles. The minimum Gasteiger partial charge on any atom is -0.393 e. The summed E-state index contributed by atoms with van der Waals surface area (Å²) in [5, 5.41) is 7.07. The van der Waals surface area contributed by atoms with Crippen LogP contribution in [-0.2, 0) is 0 Å². The molecule has 4 aliphatic rings. The summed E-state index contributed by atoms with van der Waals surface area (Å²) in [6.45, 7) is 0. The van der Waals surface area contributed by atoms with Crippen LogP contribution in [0.5, 0.6) is 0 Å². The van der Waals surface area contributed by atoms with Crippen LogP contribution < -0.4 is 16.4 Å². The van der Waals surface area contributed by atoms with Crippen molar-refractivity contribution in [3.8, 4) is 0 Å². The zero-order chi connectivity index (χ0) is 16.9. The zero-order valence-corrected chi connectivity index (χ0v) is 14.4. The fourth-order valence-corrected chi connectivity index (χ4v) is 5.77. The van der Waals surface area contributed by atoms with Crippen molar-refractivity contribution in [3.05, 3.63) is 36.7 Å². The average molecular weight is 335 g/mol. The molecule has 1 aromatic heterocycles. The number of para-hydroxylation sites is 1. The molecule has 25 heavy (non-hydrogen) atoms. The lowest BCUT2D eigenvalue weighted by Crippen LogP contribution is -2.55. The van der Waals surface area contributed by atoms with Gasteiger partial charge in [-0.05, 0) is 68.4 Å². The summed E-state index contributed by atoms with van der Waals surface area (Å²) in [6.07, 6.45) is 9.70. The van der Waals surface area contributed by atoms with Gasteiger partial charge in [0.15, 0.2) is 11.6 Å². The summed E-state index contributed by atoms with van der Waals surface area (Å²) in [5.41, 5.74) is 8.20. The van der Waals surface area contributed by atoms with Crippen molar-refractivity contribution in [1.82, 2.24) is 9.97 Å². The van der Waals surface area contributed by atoms with Crippen molar-refractivity contribution in [1.29, 1.82) is 0 Å². The van der Waals surface area contributed by atoms with Gasteiger partial charge in [-0.1, -0.05) is 18.2 Å². The molecule has 0 amide bonds. The molecule has 0 radical (unpaired) electrons. The zero-order valence-electron chi connectivity index (χ0n) is 14.4. The topological polar surface area (TPSA) is 75.9 Å². The lowest BCUT2D eigenvalue weighted by molar-refractivity contribution is 0.0106. The maximum absolute atomic E-state index is 6.41. The van der Waals surface area contributed by atoms with E-state index in [0.29, 0.717) is 11.5 Å². The second-order valence-corrected chi connectivity index (χ2v) is 8.30. The highest BCUT2D eigenvalue weighted by atomic mass is 15.1. The summed E-state index contributed by atoms with van der Waals surface area (Å²) < 4.78 is 0. The number of hydrogen-bond donors (Lipinski definition) is 3. The SMILES string of the molecule is Nc1c(Nc2ccccc2)ncnc1NC12CC3CC(CC(C3)C1)C2. The van der Waals surface area contributed by atoms with E-state index in [2.05, 4.69) is 20.6 Å². The van der Waals surface area contributed by atoms with Crippen molar-refractivity contribution in [2.24, 2.45) is 17.8 Å². The fraction of sp³-hybridized carbons (Fsp3) is 0.500. The van der Waals surface area contributed by atoms with Gasteiger partial charge in [0.25, 0.3) is 0 Å². The highest BCUT2D eigenvalue weighted by Crippen LogP contribution is 2.56. The van der Waals surface area contributed by atoms with E-state index in [9.17, 15) is 0 Å². The van der Waals surface area contributed by atoms with E-state index in [4.69, 9.17) is 5.73 Å². The predicted octanol–water partition coefficient (Wildman–Crippen LogP) is 4.18.